The van der Waals surface area contributed by atoms with Crippen LogP contribution in [-0.4, -0.2) is 24.0 Å². The first-order valence-electron chi connectivity index (χ1n) is 11.1. The van der Waals surface area contributed by atoms with E-state index in [1.807, 2.05) is 4.90 Å². The number of unbranched alkanes of at least 4 members (excludes halogenated alkanes) is 10. The van der Waals surface area contributed by atoms with Gasteiger partial charge in [-0.15, -0.1) is 0 Å². The van der Waals surface area contributed by atoms with Crippen LogP contribution in [0.5, 0.6) is 0 Å². The van der Waals surface area contributed by atoms with Crippen molar-refractivity contribution in [3.05, 3.63) is 28.2 Å². The molecular weight excluding hydrogens is 391 g/mol. The van der Waals surface area contributed by atoms with Crippen molar-refractivity contribution in [2.24, 2.45) is 0 Å². The minimum atomic E-state index is -0.0412. The van der Waals surface area contributed by atoms with E-state index in [1.54, 1.807) is 18.2 Å². The second-order valence-corrected chi connectivity index (χ2v) is 8.40. The number of rotatable bonds is 15. The van der Waals surface area contributed by atoms with Crippen LogP contribution < -0.4 is 5.32 Å². The minimum Gasteiger partial charge on any atom is -0.325 e. The van der Waals surface area contributed by atoms with E-state index in [2.05, 4.69) is 19.2 Å². The third-order valence-corrected chi connectivity index (χ3v) is 5.76. The van der Waals surface area contributed by atoms with Gasteiger partial charge >= 0.3 is 6.03 Å². The smallest absolute Gasteiger partial charge is 0.321 e. The Labute approximate surface area is 182 Å². The summed E-state index contributed by atoms with van der Waals surface area (Å²) in [4.78, 5) is 14.7. The highest BCUT2D eigenvalue weighted by atomic mass is 35.5. The number of benzene rings is 1. The molecule has 3 nitrogen and oxygen atoms in total. The maximum absolute atomic E-state index is 12.8. The third-order valence-electron chi connectivity index (χ3n) is 5.02. The number of hydrogen-bond donors (Lipinski definition) is 1. The number of anilines is 1. The second kappa shape index (κ2) is 15.9. The Morgan fingerprint density at radius 3 is 1.79 bits per heavy atom. The number of urea groups is 1. The molecule has 0 aliphatic carbocycles. The molecule has 0 aromatic heterocycles. The van der Waals surface area contributed by atoms with Gasteiger partial charge in [0.1, 0.15) is 0 Å². The van der Waals surface area contributed by atoms with E-state index in [9.17, 15) is 4.79 Å². The van der Waals surface area contributed by atoms with Crippen LogP contribution >= 0.6 is 23.2 Å². The lowest BCUT2D eigenvalue weighted by Crippen LogP contribution is -2.36. The molecule has 1 rings (SSSR count). The number of nitrogens with zero attached hydrogens (tertiary/aromatic N) is 1. The van der Waals surface area contributed by atoms with E-state index in [4.69, 9.17) is 23.2 Å². The van der Waals surface area contributed by atoms with Crippen molar-refractivity contribution in [1.82, 2.24) is 4.90 Å². The van der Waals surface area contributed by atoms with E-state index >= 15 is 0 Å². The molecule has 2 amide bonds. The molecule has 0 heterocycles. The number of carbonyl (C=O) groups is 1. The van der Waals surface area contributed by atoms with Gasteiger partial charge < -0.3 is 10.2 Å². The summed E-state index contributed by atoms with van der Waals surface area (Å²) >= 11 is 12.0. The van der Waals surface area contributed by atoms with E-state index in [0.29, 0.717) is 15.7 Å². The summed E-state index contributed by atoms with van der Waals surface area (Å²) in [5.41, 5.74) is 0.690. The lowest BCUT2D eigenvalue weighted by atomic mass is 10.1. The highest BCUT2D eigenvalue weighted by Crippen LogP contribution is 2.25. The van der Waals surface area contributed by atoms with E-state index < -0.39 is 0 Å². The van der Waals surface area contributed by atoms with Crippen LogP contribution in [-0.2, 0) is 0 Å². The fourth-order valence-corrected chi connectivity index (χ4v) is 3.56. The van der Waals surface area contributed by atoms with Crippen LogP contribution in [0.25, 0.3) is 0 Å². The maximum atomic E-state index is 12.8. The SMILES string of the molecule is CCCCCCCCN(CCCCCCCC)C(=O)Nc1ccc(Cl)c(Cl)c1. The molecule has 0 aliphatic rings. The highest BCUT2D eigenvalue weighted by molar-refractivity contribution is 6.42. The fraction of sp³-hybridized carbons (Fsp3) is 0.696. The van der Waals surface area contributed by atoms with Crippen molar-refractivity contribution in [3.63, 3.8) is 0 Å². The average Bonchev–Trinajstić information content (AvgIpc) is 2.68. The van der Waals surface area contributed by atoms with Gasteiger partial charge in [0.2, 0.25) is 0 Å². The predicted octanol–water partition coefficient (Wildman–Crippen LogP) is 8.55. The zero-order chi connectivity index (χ0) is 20.6. The standard InChI is InChI=1S/C23H38Cl2N2O/c1-3-5-7-9-11-13-17-27(18-14-12-10-8-6-4-2)23(28)26-20-15-16-21(24)22(25)19-20/h15-16,19H,3-14,17-18H2,1-2H3,(H,26,28). The van der Waals surface area contributed by atoms with Gasteiger partial charge in [-0.1, -0.05) is 101 Å². The van der Waals surface area contributed by atoms with Crippen molar-refractivity contribution in [3.8, 4) is 0 Å². The average molecular weight is 429 g/mol. The molecule has 1 aromatic rings. The van der Waals surface area contributed by atoms with Gasteiger partial charge in [0, 0.05) is 18.8 Å². The minimum absolute atomic E-state index is 0.0412. The molecular formula is C23H38Cl2N2O. The summed E-state index contributed by atoms with van der Waals surface area (Å²) in [6.45, 7) is 6.09. The van der Waals surface area contributed by atoms with Crippen molar-refractivity contribution in [2.45, 2.75) is 90.9 Å². The van der Waals surface area contributed by atoms with E-state index in [-0.39, 0.29) is 6.03 Å². The molecule has 0 aliphatic heterocycles. The van der Waals surface area contributed by atoms with Crippen molar-refractivity contribution >= 4 is 34.9 Å². The molecule has 160 valence electrons. The third kappa shape index (κ3) is 11.2. The molecule has 0 radical (unpaired) electrons. The molecule has 5 heteroatoms. The van der Waals surface area contributed by atoms with Crippen LogP contribution in [0.2, 0.25) is 10.0 Å². The fourth-order valence-electron chi connectivity index (χ4n) is 3.26. The topological polar surface area (TPSA) is 32.3 Å². The van der Waals surface area contributed by atoms with Crippen LogP contribution in [0.3, 0.4) is 0 Å². The summed E-state index contributed by atoms with van der Waals surface area (Å²) in [5, 5.41) is 3.93. The van der Waals surface area contributed by atoms with Crippen molar-refractivity contribution in [2.75, 3.05) is 18.4 Å². The number of nitrogens with one attached hydrogen (secondary N) is 1. The molecule has 0 unspecified atom stereocenters. The quantitative estimate of drug-likeness (QED) is 0.278. The summed E-state index contributed by atoms with van der Waals surface area (Å²) < 4.78 is 0. The summed E-state index contributed by atoms with van der Waals surface area (Å²) in [7, 11) is 0. The number of amides is 2. The van der Waals surface area contributed by atoms with Gasteiger partial charge in [-0.05, 0) is 31.0 Å². The molecule has 1 aromatic carbocycles. The highest BCUT2D eigenvalue weighted by Gasteiger charge is 2.13. The lowest BCUT2D eigenvalue weighted by Gasteiger charge is -2.23. The van der Waals surface area contributed by atoms with Gasteiger partial charge in [-0.2, -0.15) is 0 Å². The molecule has 0 spiro atoms. The largest absolute Gasteiger partial charge is 0.325 e. The van der Waals surface area contributed by atoms with Crippen LogP contribution in [0.15, 0.2) is 18.2 Å². The van der Waals surface area contributed by atoms with Crippen molar-refractivity contribution < 1.29 is 4.79 Å². The zero-order valence-electron chi connectivity index (χ0n) is 17.7. The molecule has 28 heavy (non-hydrogen) atoms. The zero-order valence-corrected chi connectivity index (χ0v) is 19.3. The monoisotopic (exact) mass is 428 g/mol. The van der Waals surface area contributed by atoms with Gasteiger partial charge in [0.15, 0.2) is 0 Å². The molecule has 1 N–H and O–H groups in total. The molecule has 0 bridgehead atoms. The van der Waals surface area contributed by atoms with Crippen molar-refractivity contribution in [1.29, 1.82) is 0 Å². The van der Waals surface area contributed by atoms with Crippen LogP contribution in [0.1, 0.15) is 90.9 Å². The Hall–Kier alpha value is -0.930. The molecule has 0 fully saturated rings. The summed E-state index contributed by atoms with van der Waals surface area (Å²) in [6.07, 6.45) is 14.7. The van der Waals surface area contributed by atoms with Crippen LogP contribution in [0, 0.1) is 0 Å². The van der Waals surface area contributed by atoms with E-state index in [1.165, 1.54) is 64.2 Å². The number of carbonyl (C=O) groups excluding carboxylic acids is 1. The second-order valence-electron chi connectivity index (χ2n) is 7.58. The molecule has 0 saturated carbocycles. The number of halogens is 2. The first kappa shape index (κ1) is 25.1. The Bertz CT molecular complexity index is 535. The Morgan fingerprint density at radius 1 is 0.786 bits per heavy atom. The van der Waals surface area contributed by atoms with Gasteiger partial charge in [-0.25, -0.2) is 4.79 Å². The van der Waals surface area contributed by atoms with Gasteiger partial charge in [-0.3, -0.25) is 0 Å². The Balaban J connectivity index is 2.48. The predicted molar refractivity (Wildman–Crippen MR) is 124 cm³/mol. The summed E-state index contributed by atoms with van der Waals surface area (Å²) in [6, 6.07) is 5.17. The van der Waals surface area contributed by atoms with Crippen LogP contribution in [0.4, 0.5) is 10.5 Å². The summed E-state index contributed by atoms with van der Waals surface area (Å²) in [5.74, 6) is 0. The van der Waals surface area contributed by atoms with E-state index in [0.717, 1.165) is 25.9 Å². The van der Waals surface area contributed by atoms with Gasteiger partial charge in [0.05, 0.1) is 10.0 Å². The normalized spacial score (nSPS) is 10.9. The lowest BCUT2D eigenvalue weighted by molar-refractivity contribution is 0.209. The molecule has 0 atom stereocenters. The maximum Gasteiger partial charge on any atom is 0.321 e. The first-order chi connectivity index (χ1) is 13.6. The Morgan fingerprint density at radius 2 is 1.29 bits per heavy atom. The number of hydrogen-bond acceptors (Lipinski definition) is 1. The van der Waals surface area contributed by atoms with Gasteiger partial charge in [0.25, 0.3) is 0 Å². The first-order valence-corrected chi connectivity index (χ1v) is 11.8. The molecule has 0 saturated heterocycles. The Kier molecular flexibility index (Phi) is 14.3.